The number of hydrogen-bond acceptors (Lipinski definition) is 4. The molecule has 1 heterocycles. The van der Waals surface area contributed by atoms with Gasteiger partial charge >= 0.3 is 0 Å². The average Bonchev–Trinajstić information content (AvgIpc) is 2.15. The maximum absolute atomic E-state index is 13.1. The Balaban J connectivity index is 3.50. The quantitative estimate of drug-likeness (QED) is 0.626. The predicted octanol–water partition coefficient (Wildman–Crippen LogP) is 2.09. The molecule has 1 rings (SSSR count). The standard InChI is InChI=1S/C7H5ClF3NO3S/c1-15-3-2-4(16(8,13)14)7(11)12-5(3)6(9)10/h2,6H,1H3. The van der Waals surface area contributed by atoms with Gasteiger partial charge in [-0.1, -0.05) is 0 Å². The van der Waals surface area contributed by atoms with Crippen LogP contribution in [0.3, 0.4) is 0 Å². The van der Waals surface area contributed by atoms with Gasteiger partial charge in [-0.25, -0.2) is 22.2 Å². The van der Waals surface area contributed by atoms with Gasteiger partial charge in [-0.2, -0.15) is 4.39 Å². The van der Waals surface area contributed by atoms with Crippen molar-refractivity contribution in [3.63, 3.8) is 0 Å². The summed E-state index contributed by atoms with van der Waals surface area (Å²) < 4.78 is 63.9. The van der Waals surface area contributed by atoms with E-state index in [0.717, 1.165) is 7.11 Å². The Morgan fingerprint density at radius 1 is 1.50 bits per heavy atom. The fourth-order valence-corrected chi connectivity index (χ4v) is 1.78. The molecule has 0 radical (unpaired) electrons. The molecule has 0 bridgehead atoms. The van der Waals surface area contributed by atoms with Crippen LogP contribution in [0.15, 0.2) is 11.0 Å². The van der Waals surface area contributed by atoms with Gasteiger partial charge in [0.2, 0.25) is 5.95 Å². The number of alkyl halides is 2. The van der Waals surface area contributed by atoms with E-state index in [-0.39, 0.29) is 0 Å². The van der Waals surface area contributed by atoms with Crippen molar-refractivity contribution in [3.05, 3.63) is 17.7 Å². The molecule has 90 valence electrons. The van der Waals surface area contributed by atoms with Crippen LogP contribution in [0.4, 0.5) is 13.2 Å². The molecule has 0 amide bonds. The van der Waals surface area contributed by atoms with Gasteiger partial charge in [-0.3, -0.25) is 0 Å². The zero-order chi connectivity index (χ0) is 12.5. The van der Waals surface area contributed by atoms with E-state index >= 15 is 0 Å². The number of nitrogens with zero attached hydrogens (tertiary/aromatic N) is 1. The van der Waals surface area contributed by atoms with E-state index < -0.39 is 37.8 Å². The molecule has 9 heteroatoms. The fourth-order valence-electron chi connectivity index (χ4n) is 0.959. The molecule has 0 aromatic carbocycles. The van der Waals surface area contributed by atoms with Crippen molar-refractivity contribution in [2.24, 2.45) is 0 Å². The van der Waals surface area contributed by atoms with E-state index in [0.29, 0.717) is 6.07 Å². The molecule has 0 fully saturated rings. The van der Waals surface area contributed by atoms with Gasteiger partial charge in [0.05, 0.1) is 7.11 Å². The first-order valence-electron chi connectivity index (χ1n) is 3.74. The van der Waals surface area contributed by atoms with E-state index in [1.54, 1.807) is 0 Å². The van der Waals surface area contributed by atoms with Crippen LogP contribution in [0.25, 0.3) is 0 Å². The van der Waals surface area contributed by atoms with Crippen molar-refractivity contribution in [3.8, 4) is 5.75 Å². The van der Waals surface area contributed by atoms with Crippen LogP contribution in [0.5, 0.6) is 5.75 Å². The molecular weight excluding hydrogens is 271 g/mol. The number of rotatable bonds is 3. The minimum atomic E-state index is -4.40. The van der Waals surface area contributed by atoms with E-state index in [2.05, 4.69) is 9.72 Å². The molecule has 0 saturated heterocycles. The normalized spacial score (nSPS) is 11.9. The molecule has 0 aliphatic rings. The Labute approximate surface area is 93.4 Å². The van der Waals surface area contributed by atoms with Gasteiger partial charge in [0.25, 0.3) is 15.5 Å². The van der Waals surface area contributed by atoms with Crippen LogP contribution < -0.4 is 4.74 Å². The van der Waals surface area contributed by atoms with Crippen LogP contribution in [0.2, 0.25) is 0 Å². The average molecular weight is 276 g/mol. The van der Waals surface area contributed by atoms with E-state index in [1.165, 1.54) is 0 Å². The van der Waals surface area contributed by atoms with E-state index in [9.17, 15) is 21.6 Å². The lowest BCUT2D eigenvalue weighted by Gasteiger charge is -2.08. The van der Waals surface area contributed by atoms with Gasteiger partial charge in [0, 0.05) is 16.7 Å². The maximum atomic E-state index is 13.1. The van der Waals surface area contributed by atoms with Gasteiger partial charge in [0.15, 0.2) is 5.69 Å². The summed E-state index contributed by atoms with van der Waals surface area (Å²) in [6.07, 6.45) is -3.09. The molecule has 1 aromatic heterocycles. The first kappa shape index (κ1) is 13.0. The highest BCUT2D eigenvalue weighted by Gasteiger charge is 2.25. The predicted molar refractivity (Wildman–Crippen MR) is 48.7 cm³/mol. The zero-order valence-electron chi connectivity index (χ0n) is 7.75. The molecule has 0 atom stereocenters. The number of ether oxygens (including phenoxy) is 1. The molecule has 1 aromatic rings. The Kier molecular flexibility index (Phi) is 3.64. The number of hydrogen-bond donors (Lipinski definition) is 0. The van der Waals surface area contributed by atoms with Gasteiger partial charge < -0.3 is 4.74 Å². The summed E-state index contributed by atoms with van der Waals surface area (Å²) in [7, 11) is 1.49. The second kappa shape index (κ2) is 4.46. The first-order chi connectivity index (χ1) is 7.27. The van der Waals surface area contributed by atoms with Crippen molar-refractivity contribution in [1.82, 2.24) is 4.98 Å². The summed E-state index contributed by atoms with van der Waals surface area (Å²) in [5, 5.41) is 0. The number of aromatic nitrogens is 1. The van der Waals surface area contributed by atoms with Crippen molar-refractivity contribution < 1.29 is 26.3 Å². The molecule has 0 saturated carbocycles. The number of methoxy groups -OCH3 is 1. The van der Waals surface area contributed by atoms with Crippen LogP contribution in [-0.2, 0) is 9.05 Å². The lowest BCUT2D eigenvalue weighted by atomic mass is 10.3. The van der Waals surface area contributed by atoms with E-state index in [1.807, 2.05) is 0 Å². The van der Waals surface area contributed by atoms with Crippen LogP contribution in [-0.4, -0.2) is 20.5 Å². The Morgan fingerprint density at radius 2 is 2.06 bits per heavy atom. The summed E-state index contributed by atoms with van der Waals surface area (Å²) in [4.78, 5) is 1.80. The van der Waals surface area contributed by atoms with Crippen LogP contribution >= 0.6 is 10.7 Å². The number of pyridine rings is 1. The third kappa shape index (κ3) is 2.56. The minimum absolute atomic E-state index is 0.546. The highest BCUT2D eigenvalue weighted by molar-refractivity contribution is 8.13. The Bertz CT molecular complexity index is 506. The third-order valence-electron chi connectivity index (χ3n) is 1.63. The monoisotopic (exact) mass is 275 g/mol. The largest absolute Gasteiger partial charge is 0.495 e. The van der Waals surface area contributed by atoms with Crippen molar-refractivity contribution >= 4 is 19.7 Å². The molecular formula is C7H5ClF3NO3S. The van der Waals surface area contributed by atoms with Crippen LogP contribution in [0.1, 0.15) is 12.1 Å². The van der Waals surface area contributed by atoms with Crippen molar-refractivity contribution in [2.75, 3.05) is 7.11 Å². The molecule has 16 heavy (non-hydrogen) atoms. The zero-order valence-corrected chi connectivity index (χ0v) is 9.32. The smallest absolute Gasteiger partial charge is 0.284 e. The molecule has 0 unspecified atom stereocenters. The SMILES string of the molecule is COc1cc(S(=O)(=O)Cl)c(F)nc1C(F)F. The minimum Gasteiger partial charge on any atom is -0.495 e. The van der Waals surface area contributed by atoms with Crippen LogP contribution in [0, 0.1) is 5.95 Å². The lowest BCUT2D eigenvalue weighted by Crippen LogP contribution is -2.04. The Morgan fingerprint density at radius 3 is 2.44 bits per heavy atom. The van der Waals surface area contributed by atoms with Gasteiger partial charge in [-0.05, 0) is 0 Å². The molecule has 0 aliphatic carbocycles. The van der Waals surface area contributed by atoms with Crippen molar-refractivity contribution in [1.29, 1.82) is 0 Å². The third-order valence-corrected chi connectivity index (χ3v) is 2.94. The molecule has 4 nitrogen and oxygen atoms in total. The highest BCUT2D eigenvalue weighted by atomic mass is 35.7. The molecule has 0 N–H and O–H groups in total. The van der Waals surface area contributed by atoms with Gasteiger partial charge in [0.1, 0.15) is 10.6 Å². The van der Waals surface area contributed by atoms with E-state index in [4.69, 9.17) is 10.7 Å². The maximum Gasteiger partial charge on any atom is 0.284 e. The molecule has 0 aliphatic heterocycles. The summed E-state index contributed by atoms with van der Waals surface area (Å²) in [6, 6.07) is 0.562. The first-order valence-corrected chi connectivity index (χ1v) is 6.05. The summed E-state index contributed by atoms with van der Waals surface area (Å²) >= 11 is 0. The second-order valence-corrected chi connectivity index (χ2v) is 5.14. The Hall–Kier alpha value is -1.02. The van der Waals surface area contributed by atoms with Crippen molar-refractivity contribution in [2.45, 2.75) is 11.3 Å². The second-order valence-electron chi connectivity index (χ2n) is 2.60. The summed E-state index contributed by atoms with van der Waals surface area (Å²) in [5.41, 5.74) is -0.982. The number of halogens is 4. The molecule has 0 spiro atoms. The summed E-state index contributed by atoms with van der Waals surface area (Å²) in [6.45, 7) is 0. The summed E-state index contributed by atoms with van der Waals surface area (Å²) in [5.74, 6) is -2.14. The topological polar surface area (TPSA) is 56.3 Å². The highest BCUT2D eigenvalue weighted by Crippen LogP contribution is 2.31. The fraction of sp³-hybridized carbons (Fsp3) is 0.286. The lowest BCUT2D eigenvalue weighted by molar-refractivity contribution is 0.139. The van der Waals surface area contributed by atoms with Gasteiger partial charge in [-0.15, -0.1) is 0 Å².